The van der Waals surface area contributed by atoms with E-state index < -0.39 is 0 Å². The molecule has 0 bridgehead atoms. The number of para-hydroxylation sites is 1. The average Bonchev–Trinajstić information content (AvgIpc) is 2.73. The minimum Gasteiger partial charge on any atom is -0.492 e. The second-order valence-electron chi connectivity index (χ2n) is 6.36. The summed E-state index contributed by atoms with van der Waals surface area (Å²) < 4.78 is 12.4. The monoisotopic (exact) mass is 393 g/mol. The Kier molecular flexibility index (Phi) is 7.00. The summed E-state index contributed by atoms with van der Waals surface area (Å²) in [4.78, 5) is 24.3. The molecule has 29 heavy (non-hydrogen) atoms. The van der Waals surface area contributed by atoms with Gasteiger partial charge in [0.25, 0.3) is 11.5 Å². The predicted octanol–water partition coefficient (Wildman–Crippen LogP) is 2.44. The minimum absolute atomic E-state index is 0.167. The van der Waals surface area contributed by atoms with E-state index in [1.807, 2.05) is 61.5 Å². The number of carbonyl (C=O) groups is 1. The number of ether oxygens (including phenoxy) is 2. The first-order valence-corrected chi connectivity index (χ1v) is 9.35. The topological polar surface area (TPSA) is 82.5 Å². The maximum Gasteiger partial charge on any atom is 0.271 e. The molecule has 0 aliphatic heterocycles. The predicted molar refractivity (Wildman–Crippen MR) is 109 cm³/mol. The average molecular weight is 393 g/mol. The number of carbonyl (C=O) groups excluding carboxylic acids is 1. The summed E-state index contributed by atoms with van der Waals surface area (Å²) in [6.45, 7) is 3.15. The van der Waals surface area contributed by atoms with Crippen molar-refractivity contribution in [2.75, 3.05) is 19.8 Å². The third-order valence-corrected chi connectivity index (χ3v) is 4.06. The van der Waals surface area contributed by atoms with Crippen molar-refractivity contribution in [3.05, 3.63) is 88.3 Å². The number of nitrogens with zero attached hydrogens (tertiary/aromatic N) is 2. The van der Waals surface area contributed by atoms with Crippen molar-refractivity contribution < 1.29 is 14.3 Å². The number of nitrogens with one attached hydrogen (secondary N) is 1. The van der Waals surface area contributed by atoms with E-state index in [9.17, 15) is 9.59 Å². The van der Waals surface area contributed by atoms with Crippen LogP contribution < -0.4 is 20.3 Å². The lowest BCUT2D eigenvalue weighted by Gasteiger charge is -2.10. The minimum atomic E-state index is -0.365. The number of hydrogen-bond donors (Lipinski definition) is 1. The van der Waals surface area contributed by atoms with E-state index in [-0.39, 0.29) is 30.3 Å². The number of benzene rings is 2. The molecule has 150 valence electrons. The quantitative estimate of drug-likeness (QED) is 0.565. The summed E-state index contributed by atoms with van der Waals surface area (Å²) in [6, 6.07) is 19.7. The van der Waals surface area contributed by atoms with E-state index in [2.05, 4.69) is 10.4 Å². The summed E-state index contributed by atoms with van der Waals surface area (Å²) in [5.74, 6) is 1.10. The molecule has 0 saturated carbocycles. The standard InChI is InChI=1S/C22H23N3O4/c1-17-6-5-9-19(16-17)28-14-12-23-22(27)20-10-11-21(26)25(24-20)13-15-29-18-7-3-2-4-8-18/h2-11,16H,12-15H2,1H3,(H,23,27). The zero-order valence-corrected chi connectivity index (χ0v) is 16.2. The highest BCUT2D eigenvalue weighted by Crippen LogP contribution is 2.11. The normalized spacial score (nSPS) is 10.4. The van der Waals surface area contributed by atoms with Gasteiger partial charge >= 0.3 is 0 Å². The smallest absolute Gasteiger partial charge is 0.271 e. The highest BCUT2D eigenvalue weighted by Gasteiger charge is 2.09. The van der Waals surface area contributed by atoms with Crippen LogP contribution >= 0.6 is 0 Å². The van der Waals surface area contributed by atoms with Crippen molar-refractivity contribution >= 4 is 5.91 Å². The molecule has 0 fully saturated rings. The van der Waals surface area contributed by atoms with E-state index in [0.29, 0.717) is 18.9 Å². The fraction of sp³-hybridized carbons (Fsp3) is 0.227. The molecule has 1 heterocycles. The zero-order valence-electron chi connectivity index (χ0n) is 16.2. The first kappa shape index (κ1) is 20.1. The second-order valence-corrected chi connectivity index (χ2v) is 6.36. The maximum absolute atomic E-state index is 12.3. The van der Waals surface area contributed by atoms with Crippen LogP contribution in [-0.2, 0) is 6.54 Å². The van der Waals surface area contributed by atoms with Gasteiger partial charge in [-0.05, 0) is 42.8 Å². The van der Waals surface area contributed by atoms with Crippen molar-refractivity contribution in [3.8, 4) is 11.5 Å². The summed E-state index contributed by atoms with van der Waals surface area (Å²) in [5.41, 5.74) is 0.982. The Morgan fingerprint density at radius 2 is 1.72 bits per heavy atom. The highest BCUT2D eigenvalue weighted by atomic mass is 16.5. The molecule has 2 aromatic carbocycles. The van der Waals surface area contributed by atoms with E-state index in [1.54, 1.807) is 0 Å². The molecule has 0 radical (unpaired) electrons. The third-order valence-electron chi connectivity index (χ3n) is 4.06. The molecule has 0 aliphatic rings. The van der Waals surface area contributed by atoms with Crippen molar-refractivity contribution in [2.45, 2.75) is 13.5 Å². The van der Waals surface area contributed by atoms with Gasteiger partial charge in [-0.15, -0.1) is 0 Å². The molecule has 0 spiro atoms. The van der Waals surface area contributed by atoms with E-state index in [0.717, 1.165) is 11.3 Å². The Morgan fingerprint density at radius 1 is 0.966 bits per heavy atom. The Balaban J connectivity index is 1.48. The number of aryl methyl sites for hydroxylation is 1. The van der Waals surface area contributed by atoms with Crippen LogP contribution in [0.1, 0.15) is 16.1 Å². The molecule has 1 aromatic heterocycles. The van der Waals surface area contributed by atoms with Crippen molar-refractivity contribution in [3.63, 3.8) is 0 Å². The number of aromatic nitrogens is 2. The van der Waals surface area contributed by atoms with Crippen molar-refractivity contribution in [1.29, 1.82) is 0 Å². The van der Waals surface area contributed by atoms with Crippen LogP contribution in [0.3, 0.4) is 0 Å². The molecule has 0 saturated heterocycles. The van der Waals surface area contributed by atoms with Crippen LogP contribution in [-0.4, -0.2) is 35.4 Å². The Bertz CT molecular complexity index is 1000. The van der Waals surface area contributed by atoms with Crippen LogP contribution in [0.2, 0.25) is 0 Å². The lowest BCUT2D eigenvalue weighted by atomic mass is 10.2. The molecule has 0 unspecified atom stereocenters. The van der Waals surface area contributed by atoms with Crippen LogP contribution in [0.25, 0.3) is 0 Å². The van der Waals surface area contributed by atoms with E-state index in [4.69, 9.17) is 9.47 Å². The SMILES string of the molecule is Cc1cccc(OCCNC(=O)c2ccc(=O)n(CCOc3ccccc3)n2)c1. The highest BCUT2D eigenvalue weighted by molar-refractivity contribution is 5.91. The number of amides is 1. The lowest BCUT2D eigenvalue weighted by molar-refractivity contribution is 0.0939. The number of hydrogen-bond acceptors (Lipinski definition) is 5. The van der Waals surface area contributed by atoms with Gasteiger partial charge in [0.15, 0.2) is 0 Å². The first-order chi connectivity index (χ1) is 14.1. The van der Waals surface area contributed by atoms with Gasteiger partial charge in [-0.3, -0.25) is 9.59 Å². The Morgan fingerprint density at radius 3 is 2.52 bits per heavy atom. The summed E-state index contributed by atoms with van der Waals surface area (Å²) in [5, 5.41) is 6.86. The summed E-state index contributed by atoms with van der Waals surface area (Å²) in [6.07, 6.45) is 0. The molecule has 0 aliphatic carbocycles. The van der Waals surface area contributed by atoms with Crippen molar-refractivity contribution in [1.82, 2.24) is 15.1 Å². The van der Waals surface area contributed by atoms with Gasteiger partial charge in [0.1, 0.15) is 30.4 Å². The molecule has 3 rings (SSSR count). The summed E-state index contributed by atoms with van der Waals surface area (Å²) in [7, 11) is 0. The Labute approximate surface area is 168 Å². The Hall–Kier alpha value is -3.61. The van der Waals surface area contributed by atoms with Gasteiger partial charge in [0, 0.05) is 6.07 Å². The van der Waals surface area contributed by atoms with Gasteiger partial charge in [-0.1, -0.05) is 30.3 Å². The number of rotatable bonds is 9. The van der Waals surface area contributed by atoms with Crippen LogP contribution in [0.15, 0.2) is 71.5 Å². The van der Waals surface area contributed by atoms with Gasteiger partial charge in [0.05, 0.1) is 13.1 Å². The van der Waals surface area contributed by atoms with E-state index in [1.165, 1.54) is 16.8 Å². The summed E-state index contributed by atoms with van der Waals surface area (Å²) >= 11 is 0. The first-order valence-electron chi connectivity index (χ1n) is 9.35. The molecule has 1 amide bonds. The molecule has 1 N–H and O–H groups in total. The van der Waals surface area contributed by atoms with Crippen LogP contribution in [0.5, 0.6) is 11.5 Å². The lowest BCUT2D eigenvalue weighted by Crippen LogP contribution is -2.32. The fourth-order valence-electron chi connectivity index (χ4n) is 2.63. The maximum atomic E-state index is 12.3. The molecule has 0 atom stereocenters. The van der Waals surface area contributed by atoms with Gasteiger partial charge in [0.2, 0.25) is 0 Å². The second kappa shape index (κ2) is 10.1. The fourth-order valence-corrected chi connectivity index (χ4v) is 2.63. The van der Waals surface area contributed by atoms with Gasteiger partial charge in [-0.25, -0.2) is 4.68 Å². The molecular formula is C22H23N3O4. The molecule has 3 aromatic rings. The third kappa shape index (κ3) is 6.21. The van der Waals surface area contributed by atoms with Gasteiger partial charge < -0.3 is 14.8 Å². The van der Waals surface area contributed by atoms with Crippen LogP contribution in [0, 0.1) is 6.92 Å². The van der Waals surface area contributed by atoms with Crippen LogP contribution in [0.4, 0.5) is 0 Å². The van der Waals surface area contributed by atoms with Crippen molar-refractivity contribution in [2.24, 2.45) is 0 Å². The largest absolute Gasteiger partial charge is 0.492 e. The van der Waals surface area contributed by atoms with E-state index >= 15 is 0 Å². The van der Waals surface area contributed by atoms with Gasteiger partial charge in [-0.2, -0.15) is 5.10 Å². The molecule has 7 heteroatoms. The molecular weight excluding hydrogens is 370 g/mol. The zero-order chi connectivity index (χ0) is 20.5. The molecule has 7 nitrogen and oxygen atoms in total.